The number of nitrogens with one attached hydrogen (secondary N) is 1. The number of rotatable bonds is 7. The zero-order chi connectivity index (χ0) is 25.2. The minimum Gasteiger partial charge on any atom is -0.379 e. The maximum Gasteiger partial charge on any atom is 0.170 e. The monoisotopic (exact) mass is 503 g/mol. The van der Waals surface area contributed by atoms with Gasteiger partial charge in [-0.05, 0) is 74.3 Å². The molecule has 0 amide bonds. The Balaban J connectivity index is 1.56. The molecule has 0 unspecified atom stereocenters. The van der Waals surface area contributed by atoms with E-state index < -0.39 is 0 Å². The molecule has 7 heteroatoms. The first-order chi connectivity index (χ1) is 17.5. The van der Waals surface area contributed by atoms with Gasteiger partial charge in [0.25, 0.3) is 0 Å². The van der Waals surface area contributed by atoms with Gasteiger partial charge in [0, 0.05) is 43.8 Å². The van der Waals surface area contributed by atoms with Crippen LogP contribution in [0.2, 0.25) is 0 Å². The molecule has 0 bridgehead atoms. The molecule has 0 spiro atoms. The summed E-state index contributed by atoms with van der Waals surface area (Å²) >= 11 is 5.94. The van der Waals surface area contributed by atoms with Crippen molar-refractivity contribution in [3.63, 3.8) is 0 Å². The molecule has 0 saturated carbocycles. The predicted octanol–water partition coefficient (Wildman–Crippen LogP) is 4.66. The molecule has 2 saturated heterocycles. The third kappa shape index (κ3) is 4.67. The van der Waals surface area contributed by atoms with Crippen LogP contribution in [0.3, 0.4) is 0 Å². The summed E-state index contributed by atoms with van der Waals surface area (Å²) in [6.45, 7) is 14.3. The van der Waals surface area contributed by atoms with Crippen molar-refractivity contribution in [2.24, 2.45) is 0 Å². The molecular weight excluding hydrogens is 466 g/mol. The molecule has 2 aliphatic rings. The third-order valence-electron chi connectivity index (χ3n) is 7.67. The summed E-state index contributed by atoms with van der Waals surface area (Å²) in [6, 6.07) is 15.2. The highest BCUT2D eigenvalue weighted by molar-refractivity contribution is 7.80. The Morgan fingerprint density at radius 1 is 1.06 bits per heavy atom. The van der Waals surface area contributed by atoms with Gasteiger partial charge < -0.3 is 19.5 Å². The molecule has 4 heterocycles. The van der Waals surface area contributed by atoms with Crippen LogP contribution in [-0.2, 0) is 11.2 Å². The maximum atomic E-state index is 5.94. The number of hydrogen-bond donors (Lipinski definition) is 1. The van der Waals surface area contributed by atoms with Crippen LogP contribution in [0.15, 0.2) is 48.7 Å². The lowest BCUT2D eigenvalue weighted by molar-refractivity contribution is 0.0350. The predicted molar refractivity (Wildman–Crippen MR) is 149 cm³/mol. The number of hydrogen-bond acceptors (Lipinski definition) is 4. The lowest BCUT2D eigenvalue weighted by Crippen LogP contribution is -2.42. The number of para-hydroxylation sites is 1. The van der Waals surface area contributed by atoms with Gasteiger partial charge >= 0.3 is 0 Å². The Kier molecular flexibility index (Phi) is 7.42. The first-order valence-corrected chi connectivity index (χ1v) is 13.5. The van der Waals surface area contributed by atoms with Gasteiger partial charge in [-0.15, -0.1) is 0 Å². The summed E-state index contributed by atoms with van der Waals surface area (Å²) in [6.07, 6.45) is 2.87. The summed E-state index contributed by atoms with van der Waals surface area (Å²) < 4.78 is 8.00. The van der Waals surface area contributed by atoms with Crippen molar-refractivity contribution in [3.8, 4) is 5.69 Å². The standard InChI is InChI=1S/C29H37N5OS/c1-5-23-10-8-9-20(2)27(23)34-21(3)19-24(22(34)4)28-26(25-11-6-7-12-30-25)31-29(36)33(28)14-13-32-15-17-35-18-16-32/h6-12,19,26,28H,5,13-18H2,1-4H3,(H,31,36)/t26-,28-/m1/s1. The first kappa shape index (κ1) is 24.9. The summed E-state index contributed by atoms with van der Waals surface area (Å²) in [5.74, 6) is 0. The largest absolute Gasteiger partial charge is 0.379 e. The van der Waals surface area contributed by atoms with E-state index in [-0.39, 0.29) is 12.1 Å². The van der Waals surface area contributed by atoms with Crippen molar-refractivity contribution in [3.05, 3.63) is 82.4 Å². The number of nitrogens with zero attached hydrogens (tertiary/aromatic N) is 4. The SMILES string of the molecule is CCc1cccc(C)c1-n1c(C)cc([C@@H]2[C@@H](c3ccccn3)NC(=S)N2CCN2CCOCC2)c1C. The molecule has 190 valence electrons. The molecule has 3 aromatic rings. The summed E-state index contributed by atoms with van der Waals surface area (Å²) in [4.78, 5) is 9.59. The van der Waals surface area contributed by atoms with Gasteiger partial charge in [-0.1, -0.05) is 31.2 Å². The van der Waals surface area contributed by atoms with Crippen LogP contribution in [0.4, 0.5) is 0 Å². The van der Waals surface area contributed by atoms with Gasteiger partial charge in [0.15, 0.2) is 5.11 Å². The molecule has 36 heavy (non-hydrogen) atoms. The molecule has 2 fully saturated rings. The lowest BCUT2D eigenvalue weighted by Gasteiger charge is -2.32. The number of thiocarbonyl (C=S) groups is 1. The van der Waals surface area contributed by atoms with Crippen LogP contribution >= 0.6 is 12.2 Å². The van der Waals surface area contributed by atoms with E-state index >= 15 is 0 Å². The molecule has 0 aliphatic carbocycles. The number of aryl methyl sites for hydroxylation is 3. The molecule has 0 radical (unpaired) electrons. The normalized spacial score (nSPS) is 20.7. The van der Waals surface area contributed by atoms with Crippen LogP contribution in [0.1, 0.15) is 52.8 Å². The smallest absolute Gasteiger partial charge is 0.170 e. The van der Waals surface area contributed by atoms with E-state index in [9.17, 15) is 0 Å². The molecular formula is C29H37N5OS. The van der Waals surface area contributed by atoms with Gasteiger partial charge in [-0.3, -0.25) is 9.88 Å². The molecule has 5 rings (SSSR count). The van der Waals surface area contributed by atoms with E-state index in [4.69, 9.17) is 21.9 Å². The van der Waals surface area contributed by atoms with Crippen LogP contribution in [0, 0.1) is 20.8 Å². The average Bonchev–Trinajstić information content (AvgIpc) is 3.38. The number of morpholine rings is 1. The Morgan fingerprint density at radius 2 is 1.86 bits per heavy atom. The minimum atomic E-state index is -0.000134. The van der Waals surface area contributed by atoms with Crippen molar-refractivity contribution in [2.75, 3.05) is 39.4 Å². The van der Waals surface area contributed by atoms with E-state index in [2.05, 4.69) is 83.8 Å². The zero-order valence-corrected chi connectivity index (χ0v) is 22.6. The zero-order valence-electron chi connectivity index (χ0n) is 21.8. The van der Waals surface area contributed by atoms with Gasteiger partial charge in [0.2, 0.25) is 0 Å². The summed E-state index contributed by atoms with van der Waals surface area (Å²) in [5.41, 5.74) is 8.82. The number of ether oxygens (including phenoxy) is 1. The van der Waals surface area contributed by atoms with Gasteiger partial charge in [-0.2, -0.15) is 0 Å². The summed E-state index contributed by atoms with van der Waals surface area (Å²) in [7, 11) is 0. The number of pyridine rings is 1. The third-order valence-corrected chi connectivity index (χ3v) is 8.03. The quantitative estimate of drug-likeness (QED) is 0.473. The van der Waals surface area contributed by atoms with Crippen molar-refractivity contribution in [1.82, 2.24) is 24.7 Å². The van der Waals surface area contributed by atoms with Crippen molar-refractivity contribution in [2.45, 2.75) is 46.2 Å². The first-order valence-electron chi connectivity index (χ1n) is 13.1. The van der Waals surface area contributed by atoms with Crippen molar-refractivity contribution in [1.29, 1.82) is 0 Å². The molecule has 2 atom stereocenters. The van der Waals surface area contributed by atoms with Gasteiger partial charge in [0.1, 0.15) is 0 Å². The van der Waals surface area contributed by atoms with Crippen LogP contribution < -0.4 is 5.32 Å². The maximum absolute atomic E-state index is 5.94. The van der Waals surface area contributed by atoms with E-state index in [1.807, 2.05) is 12.3 Å². The molecule has 1 aromatic carbocycles. The van der Waals surface area contributed by atoms with E-state index in [1.54, 1.807) is 0 Å². The fourth-order valence-corrected chi connectivity index (χ4v) is 6.15. The molecule has 2 aliphatic heterocycles. The second kappa shape index (κ2) is 10.7. The number of benzene rings is 1. The van der Waals surface area contributed by atoms with Gasteiger partial charge in [-0.25, -0.2) is 0 Å². The van der Waals surface area contributed by atoms with E-state index in [0.717, 1.165) is 56.6 Å². The summed E-state index contributed by atoms with van der Waals surface area (Å²) in [5, 5.41) is 4.43. The molecule has 1 N–H and O–H groups in total. The fourth-order valence-electron chi connectivity index (χ4n) is 5.81. The Morgan fingerprint density at radius 3 is 2.58 bits per heavy atom. The van der Waals surface area contributed by atoms with Gasteiger partial charge in [0.05, 0.1) is 36.7 Å². The van der Waals surface area contributed by atoms with Crippen molar-refractivity contribution < 1.29 is 4.74 Å². The minimum absolute atomic E-state index is 0.000134. The van der Waals surface area contributed by atoms with E-state index in [1.165, 1.54) is 33.8 Å². The fraction of sp³-hybridized carbons (Fsp3) is 0.448. The highest BCUT2D eigenvalue weighted by atomic mass is 32.1. The Bertz CT molecular complexity index is 1220. The average molecular weight is 504 g/mol. The lowest BCUT2D eigenvalue weighted by atomic mass is 9.96. The Hall–Kier alpha value is -2.74. The van der Waals surface area contributed by atoms with Crippen molar-refractivity contribution >= 4 is 17.3 Å². The van der Waals surface area contributed by atoms with Crippen LogP contribution in [0.25, 0.3) is 5.69 Å². The van der Waals surface area contributed by atoms with Crippen LogP contribution in [0.5, 0.6) is 0 Å². The van der Waals surface area contributed by atoms with Crippen LogP contribution in [-0.4, -0.2) is 63.9 Å². The number of aromatic nitrogens is 2. The Labute approximate surface area is 220 Å². The topological polar surface area (TPSA) is 45.6 Å². The highest BCUT2D eigenvalue weighted by Crippen LogP contribution is 2.41. The molecule has 6 nitrogen and oxygen atoms in total. The van der Waals surface area contributed by atoms with E-state index in [0.29, 0.717) is 0 Å². The molecule has 2 aromatic heterocycles. The second-order valence-corrected chi connectivity index (χ2v) is 10.3. The highest BCUT2D eigenvalue weighted by Gasteiger charge is 2.41. The second-order valence-electron chi connectivity index (χ2n) is 9.87.